The van der Waals surface area contributed by atoms with E-state index in [4.69, 9.17) is 28.2 Å². The van der Waals surface area contributed by atoms with Gasteiger partial charge >= 0.3 is 0 Å². The van der Waals surface area contributed by atoms with E-state index in [1.54, 1.807) is 31.3 Å². The largest absolute Gasteiger partial charge is 0.467 e. The number of nitrogens with one attached hydrogen (secondary N) is 1. The molecule has 178 valence electrons. The molecule has 3 aromatic rings. The molecule has 3 aliphatic heterocycles. The van der Waals surface area contributed by atoms with Crippen LogP contribution in [0.25, 0.3) is 0 Å². The first-order chi connectivity index (χ1) is 16.8. The third kappa shape index (κ3) is 2.95. The number of benzene rings is 2. The maximum absolute atomic E-state index is 14.6. The fourth-order valence-corrected chi connectivity index (χ4v) is 8.04. The Morgan fingerprint density at radius 2 is 2.00 bits per heavy atom. The third-order valence-electron chi connectivity index (χ3n) is 7.20. The van der Waals surface area contributed by atoms with Crippen LogP contribution in [0.4, 0.5) is 10.1 Å². The van der Waals surface area contributed by atoms with Gasteiger partial charge in [-0.3, -0.25) is 19.4 Å². The predicted molar refractivity (Wildman–Crippen MR) is 136 cm³/mol. The molecule has 1 aromatic heterocycles. The van der Waals surface area contributed by atoms with Crippen molar-refractivity contribution in [2.75, 3.05) is 18.9 Å². The Balaban J connectivity index is 1.60. The van der Waals surface area contributed by atoms with Crippen LogP contribution in [-0.4, -0.2) is 44.3 Å². The molecule has 35 heavy (non-hydrogen) atoms. The highest BCUT2D eigenvalue weighted by molar-refractivity contribution is 8.25. The van der Waals surface area contributed by atoms with Gasteiger partial charge in [-0.05, 0) is 55.1 Å². The highest BCUT2D eigenvalue weighted by atomic mass is 35.5. The van der Waals surface area contributed by atoms with Gasteiger partial charge in [0, 0.05) is 28.7 Å². The minimum atomic E-state index is -1.47. The van der Waals surface area contributed by atoms with Crippen LogP contribution >= 0.6 is 35.6 Å². The van der Waals surface area contributed by atoms with Crippen LogP contribution in [0.3, 0.4) is 0 Å². The first-order valence-electron chi connectivity index (χ1n) is 10.9. The van der Waals surface area contributed by atoms with Gasteiger partial charge in [0.1, 0.15) is 20.6 Å². The van der Waals surface area contributed by atoms with Crippen LogP contribution in [0.2, 0.25) is 5.02 Å². The van der Waals surface area contributed by atoms with E-state index in [9.17, 15) is 14.0 Å². The molecular weight excluding hydrogens is 509 g/mol. The Hall–Kier alpha value is -2.72. The number of likely N-dealkylation sites (tertiary alicyclic amines) is 1. The highest BCUT2D eigenvalue weighted by Crippen LogP contribution is 2.66. The molecule has 0 bridgehead atoms. The lowest BCUT2D eigenvalue weighted by molar-refractivity contribution is -0.138. The molecular formula is C25H19ClFN3O3S2. The van der Waals surface area contributed by atoms with Crippen molar-refractivity contribution in [2.45, 2.75) is 22.7 Å². The molecule has 6 nitrogen and oxygen atoms in total. The maximum Gasteiger partial charge on any atom is 0.251 e. The van der Waals surface area contributed by atoms with Crippen LogP contribution in [0, 0.1) is 5.82 Å². The summed E-state index contributed by atoms with van der Waals surface area (Å²) in [5.41, 5.74) is 0.297. The SMILES string of the molecule is CN1CC(c2ccc(Cl)cc2)C2(SC(=S)N(Cc3ccco3)C2=O)C12C(=O)Nc1ccc(F)cc12. The molecule has 3 atom stereocenters. The summed E-state index contributed by atoms with van der Waals surface area (Å²) in [6.45, 7) is 0.519. The number of hydrogen-bond donors (Lipinski definition) is 1. The number of thiocarbonyl (C=S) groups is 1. The van der Waals surface area contributed by atoms with Crippen LogP contribution in [0.15, 0.2) is 65.3 Å². The zero-order valence-electron chi connectivity index (χ0n) is 18.5. The quantitative estimate of drug-likeness (QED) is 0.496. The number of amides is 2. The molecule has 3 unspecified atom stereocenters. The summed E-state index contributed by atoms with van der Waals surface area (Å²) >= 11 is 13.1. The van der Waals surface area contributed by atoms with Crippen molar-refractivity contribution < 1.29 is 18.4 Å². The van der Waals surface area contributed by atoms with Crippen molar-refractivity contribution in [3.63, 3.8) is 0 Å². The Kier molecular flexibility index (Phi) is 5.12. The van der Waals surface area contributed by atoms with Crippen LogP contribution in [0.1, 0.15) is 22.8 Å². The van der Waals surface area contributed by atoms with Crippen LogP contribution in [-0.2, 0) is 21.7 Å². The minimum Gasteiger partial charge on any atom is -0.467 e. The number of carbonyl (C=O) groups is 2. The number of hydrogen-bond acceptors (Lipinski definition) is 6. The fraction of sp³-hybridized carbons (Fsp3) is 0.240. The molecule has 0 aliphatic carbocycles. The molecule has 2 aromatic carbocycles. The fourth-order valence-electron chi connectivity index (χ4n) is 5.78. The summed E-state index contributed by atoms with van der Waals surface area (Å²) in [5.74, 6) is -1.02. The van der Waals surface area contributed by atoms with E-state index in [-0.39, 0.29) is 18.4 Å². The Morgan fingerprint density at radius 1 is 1.23 bits per heavy atom. The molecule has 0 saturated carbocycles. The molecule has 2 saturated heterocycles. The number of carbonyl (C=O) groups excluding carboxylic acids is 2. The third-order valence-corrected chi connectivity index (χ3v) is 9.40. The van der Waals surface area contributed by atoms with Crippen LogP contribution in [0.5, 0.6) is 0 Å². The van der Waals surface area contributed by atoms with Crippen molar-refractivity contribution in [1.82, 2.24) is 9.80 Å². The summed E-state index contributed by atoms with van der Waals surface area (Å²) in [7, 11) is 1.79. The Bertz CT molecular complexity index is 1380. The Labute approximate surface area is 215 Å². The minimum absolute atomic E-state index is 0.143. The average molecular weight is 528 g/mol. The predicted octanol–water partition coefficient (Wildman–Crippen LogP) is 4.75. The van der Waals surface area contributed by atoms with Crippen molar-refractivity contribution in [3.8, 4) is 0 Å². The second-order valence-corrected chi connectivity index (χ2v) is 11.2. The van der Waals surface area contributed by atoms with Crippen molar-refractivity contribution in [1.29, 1.82) is 0 Å². The van der Waals surface area contributed by atoms with Gasteiger partial charge in [0.25, 0.3) is 5.91 Å². The molecule has 1 N–H and O–H groups in total. The molecule has 2 amide bonds. The lowest BCUT2D eigenvalue weighted by Crippen LogP contribution is -2.61. The number of likely N-dealkylation sites (N-methyl/N-ethyl adjacent to an activating group) is 1. The van der Waals surface area contributed by atoms with E-state index in [1.165, 1.54) is 41.1 Å². The van der Waals surface area contributed by atoms with Crippen molar-refractivity contribution in [2.24, 2.45) is 0 Å². The monoisotopic (exact) mass is 527 g/mol. The van der Waals surface area contributed by atoms with Gasteiger partial charge in [-0.25, -0.2) is 4.39 Å². The number of thioether (sulfide) groups is 1. The lowest BCUT2D eigenvalue weighted by Gasteiger charge is -2.41. The number of halogens is 2. The second kappa shape index (κ2) is 7.89. The van der Waals surface area contributed by atoms with Crippen molar-refractivity contribution >= 4 is 57.4 Å². The van der Waals surface area contributed by atoms with Crippen molar-refractivity contribution in [3.05, 3.63) is 88.6 Å². The second-order valence-electron chi connectivity index (χ2n) is 8.91. The average Bonchev–Trinajstić information content (AvgIpc) is 3.56. The van der Waals surface area contributed by atoms with Gasteiger partial charge in [-0.2, -0.15) is 0 Å². The number of rotatable bonds is 3. The molecule has 3 aliphatic rings. The van der Waals surface area contributed by atoms with E-state index in [1.807, 2.05) is 17.0 Å². The van der Waals surface area contributed by atoms with E-state index >= 15 is 0 Å². The highest BCUT2D eigenvalue weighted by Gasteiger charge is 2.77. The van der Waals surface area contributed by atoms with Gasteiger partial charge in [0.2, 0.25) is 5.91 Å². The maximum atomic E-state index is 14.6. The zero-order valence-corrected chi connectivity index (χ0v) is 20.8. The molecule has 2 fully saturated rings. The molecule has 10 heteroatoms. The van der Waals surface area contributed by atoms with E-state index < -0.39 is 22.0 Å². The summed E-state index contributed by atoms with van der Waals surface area (Å²) in [4.78, 5) is 31.8. The first-order valence-corrected chi connectivity index (χ1v) is 12.5. The lowest BCUT2D eigenvalue weighted by atomic mass is 9.72. The summed E-state index contributed by atoms with van der Waals surface area (Å²) in [6.07, 6.45) is 1.53. The Morgan fingerprint density at radius 3 is 2.71 bits per heavy atom. The number of nitrogens with zero attached hydrogens (tertiary/aromatic N) is 2. The summed E-state index contributed by atoms with van der Waals surface area (Å²) < 4.78 is 19.0. The number of furan rings is 1. The molecule has 0 radical (unpaired) electrons. The topological polar surface area (TPSA) is 65.8 Å². The number of anilines is 1. The van der Waals surface area contributed by atoms with Gasteiger partial charge in [-0.15, -0.1) is 0 Å². The van der Waals surface area contributed by atoms with E-state index in [2.05, 4.69) is 5.32 Å². The van der Waals surface area contributed by atoms with Gasteiger partial charge in [0.05, 0.1) is 12.8 Å². The standard InChI is InChI=1S/C25H19ClFN3O3S2/c1-29-13-19(14-4-6-15(26)7-5-14)25(22(32)30(23(34)35-25)12-17-3-2-10-33-17)24(29)18-11-16(27)8-9-20(18)28-21(24)31/h2-11,19H,12-13H2,1H3,(H,28,31). The van der Waals surface area contributed by atoms with Gasteiger partial charge in [-0.1, -0.05) is 47.7 Å². The van der Waals surface area contributed by atoms with Crippen LogP contribution < -0.4 is 5.32 Å². The smallest absolute Gasteiger partial charge is 0.251 e. The number of fused-ring (bicyclic) bond motifs is 3. The molecule has 4 heterocycles. The van der Waals surface area contributed by atoms with E-state index in [0.29, 0.717) is 32.9 Å². The zero-order chi connectivity index (χ0) is 24.5. The summed E-state index contributed by atoms with van der Waals surface area (Å²) in [5, 5.41) is 3.47. The van der Waals surface area contributed by atoms with Gasteiger partial charge in [0.15, 0.2) is 5.54 Å². The van der Waals surface area contributed by atoms with Gasteiger partial charge < -0.3 is 9.73 Å². The van der Waals surface area contributed by atoms with E-state index in [0.717, 1.165) is 5.56 Å². The molecule has 2 spiro atoms. The normalized spacial score (nSPS) is 27.9. The summed E-state index contributed by atoms with van der Waals surface area (Å²) in [6, 6.07) is 15.0. The first kappa shape index (κ1) is 22.7. The molecule has 6 rings (SSSR count).